The number of aromatic carboxylic acids is 1. The largest absolute Gasteiger partial charge is 0.477 e. The monoisotopic (exact) mass is 392 g/mol. The molecule has 0 spiro atoms. The lowest BCUT2D eigenvalue weighted by atomic mass is 9.90. The van der Waals surface area contributed by atoms with Crippen LogP contribution < -0.4 is 5.56 Å². The van der Waals surface area contributed by atoms with Crippen LogP contribution in [0, 0.1) is 0 Å². The van der Waals surface area contributed by atoms with Crippen LogP contribution in [-0.4, -0.2) is 20.6 Å². The van der Waals surface area contributed by atoms with Crippen LogP contribution in [0.3, 0.4) is 0 Å². The summed E-state index contributed by atoms with van der Waals surface area (Å²) >= 11 is 6.48. The van der Waals surface area contributed by atoms with Gasteiger partial charge in [0, 0.05) is 40.8 Å². The van der Waals surface area contributed by atoms with Gasteiger partial charge in [0.1, 0.15) is 5.56 Å². The second-order valence-corrected chi connectivity index (χ2v) is 6.96. The van der Waals surface area contributed by atoms with Gasteiger partial charge >= 0.3 is 5.97 Å². The third kappa shape index (κ3) is 3.21. The average molecular weight is 393 g/mol. The first-order chi connectivity index (χ1) is 13.6. The highest BCUT2D eigenvalue weighted by atomic mass is 35.5. The van der Waals surface area contributed by atoms with Gasteiger partial charge in [0.15, 0.2) is 0 Å². The summed E-state index contributed by atoms with van der Waals surface area (Å²) < 4.78 is 1.43. The van der Waals surface area contributed by atoms with E-state index in [9.17, 15) is 14.7 Å². The average Bonchev–Trinajstić information content (AvgIpc) is 3.12. The fourth-order valence-corrected chi connectivity index (χ4v) is 3.81. The van der Waals surface area contributed by atoms with Crippen molar-refractivity contribution >= 4 is 28.5 Å². The molecule has 4 aromatic rings. The lowest BCUT2D eigenvalue weighted by Gasteiger charge is -2.20. The highest BCUT2D eigenvalue weighted by Gasteiger charge is 2.22. The van der Waals surface area contributed by atoms with E-state index in [0.717, 1.165) is 22.0 Å². The Balaban J connectivity index is 1.88. The van der Waals surface area contributed by atoms with E-state index >= 15 is 0 Å². The fourth-order valence-electron chi connectivity index (χ4n) is 3.54. The minimum absolute atomic E-state index is 0.230. The van der Waals surface area contributed by atoms with Crippen LogP contribution in [0.1, 0.15) is 27.4 Å². The van der Waals surface area contributed by atoms with Gasteiger partial charge in [-0.25, -0.2) is 4.79 Å². The Morgan fingerprint density at radius 1 is 1.04 bits per heavy atom. The van der Waals surface area contributed by atoms with Crippen LogP contribution in [0.15, 0.2) is 77.9 Å². The lowest BCUT2D eigenvalue weighted by molar-refractivity contribution is 0.0694. The first-order valence-corrected chi connectivity index (χ1v) is 9.17. The summed E-state index contributed by atoms with van der Waals surface area (Å²) in [5, 5.41) is 10.9. The van der Waals surface area contributed by atoms with Crippen molar-refractivity contribution in [2.45, 2.75) is 12.5 Å². The summed E-state index contributed by atoms with van der Waals surface area (Å²) in [5.41, 5.74) is 2.07. The number of aromatic amines is 1. The number of pyridine rings is 1. The fraction of sp³-hybridized carbons (Fsp3) is 0.0909. The Labute approximate surface area is 165 Å². The molecule has 0 aliphatic heterocycles. The molecule has 0 aliphatic rings. The van der Waals surface area contributed by atoms with Gasteiger partial charge in [-0.1, -0.05) is 48.0 Å². The Morgan fingerprint density at radius 3 is 2.57 bits per heavy atom. The number of halogens is 1. The number of carboxylic acids is 1. The van der Waals surface area contributed by atoms with Crippen LogP contribution in [0.25, 0.3) is 10.9 Å². The van der Waals surface area contributed by atoms with E-state index in [0.29, 0.717) is 5.02 Å². The molecule has 5 nitrogen and oxygen atoms in total. The van der Waals surface area contributed by atoms with E-state index in [4.69, 9.17) is 11.6 Å². The number of rotatable bonds is 5. The zero-order valence-electron chi connectivity index (χ0n) is 14.8. The Kier molecular flexibility index (Phi) is 4.75. The van der Waals surface area contributed by atoms with E-state index < -0.39 is 11.5 Å². The molecule has 2 aromatic heterocycles. The lowest BCUT2D eigenvalue weighted by Crippen LogP contribution is -2.28. The van der Waals surface area contributed by atoms with Gasteiger partial charge in [-0.15, -0.1) is 0 Å². The molecule has 1 atom stereocenters. The van der Waals surface area contributed by atoms with Crippen LogP contribution in [0.5, 0.6) is 0 Å². The van der Waals surface area contributed by atoms with Crippen molar-refractivity contribution < 1.29 is 9.90 Å². The zero-order valence-corrected chi connectivity index (χ0v) is 15.6. The van der Waals surface area contributed by atoms with Gasteiger partial charge < -0.3 is 14.7 Å². The molecule has 0 aliphatic carbocycles. The molecular formula is C22H17ClN2O3. The van der Waals surface area contributed by atoms with E-state index in [1.807, 2.05) is 54.7 Å². The van der Waals surface area contributed by atoms with Gasteiger partial charge in [0.25, 0.3) is 5.56 Å². The smallest absolute Gasteiger partial charge is 0.341 e. The number of hydrogen-bond donors (Lipinski definition) is 2. The number of carboxylic acid groups (broad SMARTS) is 1. The van der Waals surface area contributed by atoms with Crippen molar-refractivity contribution in [3.63, 3.8) is 0 Å². The van der Waals surface area contributed by atoms with Crippen LogP contribution in [-0.2, 0) is 6.54 Å². The molecule has 2 heterocycles. The van der Waals surface area contributed by atoms with Crippen molar-refractivity contribution in [2.24, 2.45) is 0 Å². The summed E-state index contributed by atoms with van der Waals surface area (Å²) in [6.07, 6.45) is 3.53. The minimum Gasteiger partial charge on any atom is -0.477 e. The topological polar surface area (TPSA) is 75.1 Å². The van der Waals surface area contributed by atoms with Crippen molar-refractivity contribution in [3.05, 3.63) is 105 Å². The highest BCUT2D eigenvalue weighted by molar-refractivity contribution is 6.31. The van der Waals surface area contributed by atoms with Crippen LogP contribution in [0.2, 0.25) is 5.02 Å². The molecule has 0 saturated heterocycles. The maximum Gasteiger partial charge on any atom is 0.341 e. The zero-order chi connectivity index (χ0) is 19.7. The SMILES string of the molecule is O=C(O)c1cccn(C[C@@H](c2ccccc2Cl)c2c[nH]c3ccccc23)c1=O. The molecule has 140 valence electrons. The number of hydrogen-bond acceptors (Lipinski definition) is 2. The molecule has 0 radical (unpaired) electrons. The second-order valence-electron chi connectivity index (χ2n) is 6.55. The Hall–Kier alpha value is -3.31. The molecule has 0 unspecified atom stereocenters. The molecule has 4 rings (SSSR count). The first-order valence-electron chi connectivity index (χ1n) is 8.79. The number of para-hydroxylation sites is 1. The number of H-pyrrole nitrogens is 1. The number of carbonyl (C=O) groups is 1. The maximum absolute atomic E-state index is 12.6. The molecule has 2 N–H and O–H groups in total. The van der Waals surface area contributed by atoms with E-state index in [1.54, 1.807) is 12.3 Å². The van der Waals surface area contributed by atoms with E-state index in [-0.39, 0.29) is 18.0 Å². The number of nitrogens with one attached hydrogen (secondary N) is 1. The summed E-state index contributed by atoms with van der Waals surface area (Å²) in [6.45, 7) is 0.269. The normalized spacial score (nSPS) is 12.2. The molecule has 6 heteroatoms. The summed E-state index contributed by atoms with van der Waals surface area (Å²) in [4.78, 5) is 27.2. The van der Waals surface area contributed by atoms with Crippen LogP contribution in [0.4, 0.5) is 0 Å². The summed E-state index contributed by atoms with van der Waals surface area (Å²) in [7, 11) is 0. The minimum atomic E-state index is -1.24. The Morgan fingerprint density at radius 2 is 1.79 bits per heavy atom. The van der Waals surface area contributed by atoms with E-state index in [2.05, 4.69) is 4.98 Å². The van der Waals surface area contributed by atoms with Gasteiger partial charge in [0.2, 0.25) is 0 Å². The summed E-state index contributed by atoms with van der Waals surface area (Å²) in [5.74, 6) is -1.47. The number of fused-ring (bicyclic) bond motifs is 1. The predicted molar refractivity (Wildman–Crippen MR) is 109 cm³/mol. The predicted octanol–water partition coefficient (Wildman–Crippen LogP) is 4.51. The Bertz CT molecular complexity index is 1230. The van der Waals surface area contributed by atoms with Gasteiger partial charge in [-0.3, -0.25) is 4.79 Å². The molecule has 0 saturated carbocycles. The third-order valence-corrected chi connectivity index (χ3v) is 5.25. The molecule has 0 fully saturated rings. The number of nitrogens with zero attached hydrogens (tertiary/aromatic N) is 1. The van der Waals surface area contributed by atoms with Gasteiger partial charge in [0.05, 0.1) is 0 Å². The molecule has 2 aromatic carbocycles. The third-order valence-electron chi connectivity index (χ3n) is 4.91. The number of aromatic nitrogens is 2. The van der Waals surface area contributed by atoms with Crippen molar-refractivity contribution in [2.75, 3.05) is 0 Å². The second kappa shape index (κ2) is 7.37. The van der Waals surface area contributed by atoms with Crippen LogP contribution >= 0.6 is 11.6 Å². The number of benzene rings is 2. The molecule has 0 bridgehead atoms. The van der Waals surface area contributed by atoms with Gasteiger partial charge in [-0.05, 0) is 35.4 Å². The quantitative estimate of drug-likeness (QED) is 0.524. The van der Waals surface area contributed by atoms with E-state index in [1.165, 1.54) is 10.6 Å². The van der Waals surface area contributed by atoms with Gasteiger partial charge in [-0.2, -0.15) is 0 Å². The highest BCUT2D eigenvalue weighted by Crippen LogP contribution is 2.35. The molecular weight excluding hydrogens is 376 g/mol. The molecule has 0 amide bonds. The van der Waals surface area contributed by atoms with Crippen molar-refractivity contribution in [1.29, 1.82) is 0 Å². The first kappa shape index (κ1) is 18.1. The standard InChI is InChI=1S/C22H17ClN2O3/c23-19-9-3-1-6-14(19)18(17-12-24-20-10-4-2-7-15(17)20)13-25-11-5-8-16(21(25)26)22(27)28/h1-12,18,24H,13H2,(H,27,28)/t18-/m0/s1. The summed E-state index contributed by atoms with van der Waals surface area (Å²) in [6, 6.07) is 18.3. The maximum atomic E-state index is 12.6. The van der Waals surface area contributed by atoms with Crippen molar-refractivity contribution in [1.82, 2.24) is 9.55 Å². The molecule has 28 heavy (non-hydrogen) atoms. The van der Waals surface area contributed by atoms with Crippen molar-refractivity contribution in [3.8, 4) is 0 Å².